The molecule has 0 amide bonds. The van der Waals surface area contributed by atoms with Gasteiger partial charge in [0, 0.05) is 11.6 Å². The summed E-state index contributed by atoms with van der Waals surface area (Å²) in [5, 5.41) is 13.1. The van der Waals surface area contributed by atoms with Crippen LogP contribution >= 0.6 is 0 Å². The molecule has 0 aliphatic carbocycles. The third kappa shape index (κ3) is 6.55. The maximum Gasteiger partial charge on any atom is 0.0610 e. The van der Waals surface area contributed by atoms with Crippen molar-refractivity contribution >= 4 is 0 Å². The van der Waals surface area contributed by atoms with Crippen molar-refractivity contribution in [1.29, 1.82) is 0 Å². The first-order valence-corrected chi connectivity index (χ1v) is 8.71. The number of nitrogens with one attached hydrogen (secondary N) is 1. The molecule has 0 spiro atoms. The highest BCUT2D eigenvalue weighted by Gasteiger charge is 2.22. The van der Waals surface area contributed by atoms with Gasteiger partial charge in [0.1, 0.15) is 0 Å². The molecule has 2 unspecified atom stereocenters. The fourth-order valence-corrected chi connectivity index (χ4v) is 3.15. The zero-order valence-corrected chi connectivity index (χ0v) is 14.0. The van der Waals surface area contributed by atoms with Gasteiger partial charge in [-0.3, -0.25) is 0 Å². The van der Waals surface area contributed by atoms with Crippen LogP contribution in [0.5, 0.6) is 0 Å². The lowest BCUT2D eigenvalue weighted by molar-refractivity contribution is 0.157. The number of nitrogens with zero attached hydrogens (tertiary/aromatic N) is 1. The van der Waals surface area contributed by atoms with Gasteiger partial charge in [-0.15, -0.1) is 0 Å². The van der Waals surface area contributed by atoms with Gasteiger partial charge in [-0.1, -0.05) is 26.2 Å². The highest BCUT2D eigenvalue weighted by Crippen LogP contribution is 2.18. The van der Waals surface area contributed by atoms with Gasteiger partial charge < -0.3 is 15.3 Å². The number of aliphatic hydroxyl groups is 1. The summed E-state index contributed by atoms with van der Waals surface area (Å²) in [5.74, 6) is 0. The summed E-state index contributed by atoms with van der Waals surface area (Å²) in [6, 6.07) is 0.764. The minimum atomic E-state index is -0.0829. The number of rotatable bonds is 9. The number of likely N-dealkylation sites (tertiary alicyclic amines) is 1. The second-order valence-corrected chi connectivity index (χ2v) is 6.84. The van der Waals surface area contributed by atoms with Crippen LogP contribution < -0.4 is 5.32 Å². The van der Waals surface area contributed by atoms with Crippen LogP contribution in [0.3, 0.4) is 0 Å². The highest BCUT2D eigenvalue weighted by atomic mass is 16.3. The van der Waals surface area contributed by atoms with E-state index >= 15 is 0 Å². The van der Waals surface area contributed by atoms with E-state index in [9.17, 15) is 5.11 Å². The fraction of sp³-hybridized carbons (Fsp3) is 1.00. The molecule has 120 valence electrons. The molecule has 2 N–H and O–H groups in total. The molecule has 0 radical (unpaired) electrons. The van der Waals surface area contributed by atoms with Gasteiger partial charge in [-0.2, -0.15) is 0 Å². The molecular weight excluding hydrogens is 248 g/mol. The average Bonchev–Trinajstić information content (AvgIpc) is 2.66. The smallest absolute Gasteiger partial charge is 0.0610 e. The summed E-state index contributed by atoms with van der Waals surface area (Å²) >= 11 is 0. The predicted molar refractivity (Wildman–Crippen MR) is 87.1 cm³/mol. The van der Waals surface area contributed by atoms with E-state index in [1.54, 1.807) is 0 Å². The van der Waals surface area contributed by atoms with Crippen molar-refractivity contribution in [2.75, 3.05) is 26.2 Å². The second-order valence-electron chi connectivity index (χ2n) is 6.84. The third-order valence-electron chi connectivity index (χ3n) is 4.77. The highest BCUT2D eigenvalue weighted by molar-refractivity contribution is 4.82. The van der Waals surface area contributed by atoms with E-state index in [0.717, 1.165) is 25.4 Å². The van der Waals surface area contributed by atoms with Crippen molar-refractivity contribution in [3.8, 4) is 0 Å². The maximum absolute atomic E-state index is 9.57. The van der Waals surface area contributed by atoms with E-state index in [2.05, 4.69) is 31.0 Å². The molecule has 3 heteroatoms. The topological polar surface area (TPSA) is 35.5 Å². The Morgan fingerprint density at radius 2 is 2.05 bits per heavy atom. The fourth-order valence-electron chi connectivity index (χ4n) is 3.15. The van der Waals surface area contributed by atoms with E-state index < -0.39 is 0 Å². The summed E-state index contributed by atoms with van der Waals surface area (Å²) in [5.41, 5.74) is -0.0829. The molecule has 0 aromatic heterocycles. The van der Waals surface area contributed by atoms with Crippen LogP contribution in [0, 0.1) is 0 Å². The summed E-state index contributed by atoms with van der Waals surface area (Å²) < 4.78 is 0. The Hall–Kier alpha value is -0.120. The van der Waals surface area contributed by atoms with Crippen LogP contribution in [0.15, 0.2) is 0 Å². The number of hydrogen-bond donors (Lipinski definition) is 2. The average molecular weight is 284 g/mol. The van der Waals surface area contributed by atoms with E-state index in [-0.39, 0.29) is 12.1 Å². The van der Waals surface area contributed by atoms with E-state index in [1.807, 2.05) is 0 Å². The summed E-state index contributed by atoms with van der Waals surface area (Å²) in [6.07, 6.45) is 10.2. The van der Waals surface area contributed by atoms with Gasteiger partial charge in [-0.05, 0) is 65.6 Å². The molecule has 0 aromatic carbocycles. The van der Waals surface area contributed by atoms with Crippen molar-refractivity contribution in [1.82, 2.24) is 10.2 Å². The van der Waals surface area contributed by atoms with E-state index in [1.165, 1.54) is 51.6 Å². The van der Waals surface area contributed by atoms with E-state index in [0.29, 0.717) is 0 Å². The number of aliphatic hydroxyl groups excluding tert-OH is 1. The third-order valence-corrected chi connectivity index (χ3v) is 4.77. The molecule has 0 saturated carbocycles. The monoisotopic (exact) mass is 284 g/mol. The van der Waals surface area contributed by atoms with Gasteiger partial charge in [0.15, 0.2) is 0 Å². The largest absolute Gasteiger partial charge is 0.394 e. The van der Waals surface area contributed by atoms with Crippen LogP contribution in [-0.2, 0) is 0 Å². The first-order valence-electron chi connectivity index (χ1n) is 8.71. The van der Waals surface area contributed by atoms with Crippen molar-refractivity contribution in [3.05, 3.63) is 0 Å². The van der Waals surface area contributed by atoms with Gasteiger partial charge in [0.05, 0.1) is 6.61 Å². The maximum atomic E-state index is 9.57. The van der Waals surface area contributed by atoms with Crippen molar-refractivity contribution < 1.29 is 5.11 Å². The Bertz CT molecular complexity index is 247. The van der Waals surface area contributed by atoms with Crippen LogP contribution in [0.4, 0.5) is 0 Å². The van der Waals surface area contributed by atoms with Gasteiger partial charge in [0.2, 0.25) is 0 Å². The molecule has 2 atom stereocenters. The standard InChI is InChI=1S/C17H36N2O/c1-4-12-18-17(3,15-20)11-7-9-14-19-13-8-5-6-10-16(19)2/h16,18,20H,4-15H2,1-3H3. The Morgan fingerprint density at radius 1 is 1.25 bits per heavy atom. The molecule has 1 saturated heterocycles. The molecular formula is C17H36N2O. The second kappa shape index (κ2) is 9.75. The zero-order chi connectivity index (χ0) is 14.8. The Balaban J connectivity index is 2.21. The minimum Gasteiger partial charge on any atom is -0.394 e. The van der Waals surface area contributed by atoms with Crippen LogP contribution in [0.1, 0.15) is 72.1 Å². The molecule has 1 aliphatic rings. The first-order chi connectivity index (χ1) is 9.61. The molecule has 1 aliphatic heterocycles. The predicted octanol–water partition coefficient (Wildman–Crippen LogP) is 3.17. The molecule has 0 aromatic rings. The summed E-state index contributed by atoms with van der Waals surface area (Å²) in [6.45, 7) is 10.5. The van der Waals surface area contributed by atoms with Crippen molar-refractivity contribution in [2.45, 2.75) is 83.7 Å². The van der Waals surface area contributed by atoms with Gasteiger partial charge in [0.25, 0.3) is 0 Å². The zero-order valence-electron chi connectivity index (χ0n) is 14.0. The lowest BCUT2D eigenvalue weighted by atomic mass is 9.95. The Morgan fingerprint density at radius 3 is 2.75 bits per heavy atom. The quantitative estimate of drug-likeness (QED) is 0.638. The Labute approximate surface area is 126 Å². The molecule has 0 bridgehead atoms. The molecule has 1 fully saturated rings. The van der Waals surface area contributed by atoms with Crippen LogP contribution in [0.2, 0.25) is 0 Å². The number of hydrogen-bond acceptors (Lipinski definition) is 3. The summed E-state index contributed by atoms with van der Waals surface area (Å²) in [7, 11) is 0. The van der Waals surface area contributed by atoms with Crippen molar-refractivity contribution in [2.24, 2.45) is 0 Å². The molecule has 1 heterocycles. The summed E-state index contributed by atoms with van der Waals surface area (Å²) in [4.78, 5) is 2.67. The lowest BCUT2D eigenvalue weighted by Gasteiger charge is -2.30. The molecule has 20 heavy (non-hydrogen) atoms. The first kappa shape index (κ1) is 17.9. The number of unbranched alkanes of at least 4 members (excludes halogenated alkanes) is 1. The molecule has 3 nitrogen and oxygen atoms in total. The Kier molecular flexibility index (Phi) is 8.74. The van der Waals surface area contributed by atoms with Crippen LogP contribution in [-0.4, -0.2) is 47.8 Å². The van der Waals surface area contributed by atoms with Crippen LogP contribution in [0.25, 0.3) is 0 Å². The molecule has 1 rings (SSSR count). The van der Waals surface area contributed by atoms with E-state index in [4.69, 9.17) is 0 Å². The lowest BCUT2D eigenvalue weighted by Crippen LogP contribution is -2.46. The SMILES string of the molecule is CCCNC(C)(CO)CCCCN1CCCCCC1C. The van der Waals surface area contributed by atoms with Crippen molar-refractivity contribution in [3.63, 3.8) is 0 Å². The van der Waals surface area contributed by atoms with Gasteiger partial charge >= 0.3 is 0 Å². The normalized spacial score (nSPS) is 24.3. The van der Waals surface area contributed by atoms with Gasteiger partial charge in [-0.25, -0.2) is 0 Å². The minimum absolute atomic E-state index is 0.0829.